The van der Waals surface area contributed by atoms with E-state index < -0.39 is 12.1 Å². The maximum absolute atomic E-state index is 12.9. The average Bonchev–Trinajstić information content (AvgIpc) is 2.68. The van der Waals surface area contributed by atoms with Gasteiger partial charge in [-0.1, -0.05) is 38.5 Å². The molecule has 3 atom stereocenters. The first-order valence-corrected chi connectivity index (χ1v) is 8.31. The van der Waals surface area contributed by atoms with Crippen LogP contribution >= 0.6 is 0 Å². The number of carbonyl (C=O) groups is 3. The Labute approximate surface area is 142 Å². The summed E-state index contributed by atoms with van der Waals surface area (Å²) in [5.74, 6) is -0.691. The van der Waals surface area contributed by atoms with Crippen molar-refractivity contribution in [2.24, 2.45) is 5.92 Å². The molecule has 0 fully saturated rings. The van der Waals surface area contributed by atoms with Crippen LogP contribution in [-0.4, -0.2) is 34.7 Å². The number of amides is 3. The monoisotopic (exact) mass is 331 g/mol. The minimum atomic E-state index is -0.674. The molecule has 2 N–H and O–H groups in total. The first-order valence-electron chi connectivity index (χ1n) is 8.31. The Morgan fingerprint density at radius 3 is 2.62 bits per heavy atom. The second kappa shape index (κ2) is 7.47. The Kier molecular flexibility index (Phi) is 5.59. The summed E-state index contributed by atoms with van der Waals surface area (Å²) in [6, 6.07) is 6.24. The topological polar surface area (TPSA) is 78.5 Å². The Morgan fingerprint density at radius 1 is 1.33 bits per heavy atom. The van der Waals surface area contributed by atoms with E-state index in [1.165, 1.54) is 6.92 Å². The van der Waals surface area contributed by atoms with Crippen LogP contribution in [0, 0.1) is 5.92 Å². The van der Waals surface area contributed by atoms with Crippen LogP contribution < -0.4 is 10.6 Å². The third-order valence-electron chi connectivity index (χ3n) is 4.48. The molecule has 0 saturated carbocycles. The fourth-order valence-electron chi connectivity index (χ4n) is 3.03. The van der Waals surface area contributed by atoms with Crippen LogP contribution in [0.2, 0.25) is 0 Å². The van der Waals surface area contributed by atoms with Crippen molar-refractivity contribution in [2.45, 2.75) is 52.7 Å². The van der Waals surface area contributed by atoms with Gasteiger partial charge in [-0.2, -0.15) is 0 Å². The van der Waals surface area contributed by atoms with Gasteiger partial charge in [-0.3, -0.25) is 14.4 Å². The molecule has 1 aromatic carbocycles. The minimum Gasteiger partial charge on any atom is -0.345 e. The van der Waals surface area contributed by atoms with Crippen LogP contribution in [0.1, 0.15) is 39.7 Å². The fourth-order valence-corrected chi connectivity index (χ4v) is 3.03. The van der Waals surface area contributed by atoms with Gasteiger partial charge < -0.3 is 15.5 Å². The van der Waals surface area contributed by atoms with Crippen molar-refractivity contribution in [1.29, 1.82) is 0 Å². The molecule has 1 aliphatic heterocycles. The van der Waals surface area contributed by atoms with Gasteiger partial charge in [0.2, 0.25) is 17.7 Å². The zero-order chi connectivity index (χ0) is 17.9. The lowest BCUT2D eigenvalue weighted by atomic mass is 9.96. The highest BCUT2D eigenvalue weighted by molar-refractivity contribution is 6.00. The third kappa shape index (κ3) is 3.75. The number of fused-ring (bicyclic) bond motifs is 1. The molecule has 0 aliphatic carbocycles. The first-order chi connectivity index (χ1) is 11.3. The number of benzene rings is 1. The molecule has 130 valence electrons. The van der Waals surface area contributed by atoms with E-state index in [4.69, 9.17) is 0 Å². The van der Waals surface area contributed by atoms with E-state index in [2.05, 4.69) is 10.6 Å². The van der Waals surface area contributed by atoms with Crippen LogP contribution in [0.25, 0.3) is 0 Å². The number of nitrogens with one attached hydrogen (secondary N) is 2. The fraction of sp³-hybridized carbons (Fsp3) is 0.500. The van der Waals surface area contributed by atoms with Crippen LogP contribution in [0.5, 0.6) is 0 Å². The van der Waals surface area contributed by atoms with E-state index in [-0.39, 0.29) is 23.6 Å². The van der Waals surface area contributed by atoms with Crippen molar-refractivity contribution >= 4 is 23.4 Å². The molecule has 0 unspecified atom stereocenters. The minimum absolute atomic E-state index is 0.00721. The number of anilines is 1. The van der Waals surface area contributed by atoms with Crippen LogP contribution in [0.3, 0.4) is 0 Å². The van der Waals surface area contributed by atoms with Gasteiger partial charge in [0.25, 0.3) is 0 Å². The predicted molar refractivity (Wildman–Crippen MR) is 92.1 cm³/mol. The second-order valence-electron chi connectivity index (χ2n) is 6.37. The number of nitrogens with zero attached hydrogens (tertiary/aromatic N) is 1. The molecule has 1 aliphatic rings. The smallest absolute Gasteiger partial charge is 0.247 e. The summed E-state index contributed by atoms with van der Waals surface area (Å²) in [5.41, 5.74) is 1.62. The summed E-state index contributed by atoms with van der Waals surface area (Å²) >= 11 is 0. The summed E-state index contributed by atoms with van der Waals surface area (Å²) in [7, 11) is 0. The van der Waals surface area contributed by atoms with Gasteiger partial charge in [-0.15, -0.1) is 0 Å². The maximum atomic E-state index is 12.9. The highest BCUT2D eigenvalue weighted by Gasteiger charge is 2.38. The third-order valence-corrected chi connectivity index (χ3v) is 4.48. The van der Waals surface area contributed by atoms with Crippen molar-refractivity contribution in [2.75, 3.05) is 5.32 Å². The van der Waals surface area contributed by atoms with Crippen molar-refractivity contribution < 1.29 is 14.4 Å². The van der Waals surface area contributed by atoms with E-state index in [0.717, 1.165) is 17.7 Å². The lowest BCUT2D eigenvalue weighted by Crippen LogP contribution is -2.54. The Balaban J connectivity index is 2.40. The van der Waals surface area contributed by atoms with Crippen molar-refractivity contribution in [3.05, 3.63) is 29.8 Å². The molecule has 1 aromatic rings. The van der Waals surface area contributed by atoms with Gasteiger partial charge >= 0.3 is 0 Å². The van der Waals surface area contributed by atoms with E-state index >= 15 is 0 Å². The highest BCUT2D eigenvalue weighted by Crippen LogP contribution is 2.27. The highest BCUT2D eigenvalue weighted by atomic mass is 16.2. The summed E-state index contributed by atoms with van der Waals surface area (Å²) < 4.78 is 0. The van der Waals surface area contributed by atoms with Crippen molar-refractivity contribution in [1.82, 2.24) is 10.2 Å². The van der Waals surface area contributed by atoms with Crippen molar-refractivity contribution in [3.8, 4) is 0 Å². The van der Waals surface area contributed by atoms with Crippen LogP contribution in [0.15, 0.2) is 24.3 Å². The SMILES string of the molecule is CC[C@H](C)[C@H]1C(=O)Nc2ccccc2CN1C(=O)[C@@H](C)NC(C)=O. The van der Waals surface area contributed by atoms with Gasteiger partial charge in [0.15, 0.2) is 0 Å². The summed E-state index contributed by atoms with van der Waals surface area (Å²) in [6.45, 7) is 7.32. The zero-order valence-corrected chi connectivity index (χ0v) is 14.6. The van der Waals surface area contributed by atoms with E-state index in [1.807, 2.05) is 38.1 Å². The number of rotatable bonds is 4. The van der Waals surface area contributed by atoms with E-state index in [0.29, 0.717) is 6.54 Å². The largest absolute Gasteiger partial charge is 0.345 e. The molecule has 0 saturated heterocycles. The molecule has 0 radical (unpaired) electrons. The number of para-hydroxylation sites is 1. The van der Waals surface area contributed by atoms with Gasteiger partial charge in [-0.05, 0) is 24.5 Å². The van der Waals surface area contributed by atoms with Crippen LogP contribution in [0.4, 0.5) is 5.69 Å². The molecular formula is C18H25N3O3. The summed E-state index contributed by atoms with van der Waals surface area (Å²) in [5, 5.41) is 5.55. The van der Waals surface area contributed by atoms with Crippen molar-refractivity contribution in [3.63, 3.8) is 0 Å². The lowest BCUT2D eigenvalue weighted by Gasteiger charge is -2.34. The second-order valence-corrected chi connectivity index (χ2v) is 6.37. The maximum Gasteiger partial charge on any atom is 0.247 e. The van der Waals surface area contributed by atoms with Gasteiger partial charge in [-0.25, -0.2) is 0 Å². The number of hydrogen-bond donors (Lipinski definition) is 2. The quantitative estimate of drug-likeness (QED) is 0.884. The molecule has 1 heterocycles. The molecular weight excluding hydrogens is 306 g/mol. The Bertz CT molecular complexity index is 644. The molecule has 24 heavy (non-hydrogen) atoms. The molecule has 2 rings (SSSR count). The predicted octanol–water partition coefficient (Wildman–Crippen LogP) is 1.91. The molecule has 6 heteroatoms. The van der Waals surface area contributed by atoms with Gasteiger partial charge in [0, 0.05) is 19.2 Å². The molecule has 0 bridgehead atoms. The average molecular weight is 331 g/mol. The first kappa shape index (κ1) is 18.0. The molecule has 3 amide bonds. The Morgan fingerprint density at radius 2 is 2.00 bits per heavy atom. The summed E-state index contributed by atoms with van der Waals surface area (Å²) in [6.07, 6.45) is 0.771. The van der Waals surface area contributed by atoms with Crippen LogP contribution in [-0.2, 0) is 20.9 Å². The van der Waals surface area contributed by atoms with E-state index in [1.54, 1.807) is 11.8 Å². The standard InChI is InChI=1S/C18H25N3O3/c1-5-11(2)16-17(23)20-15-9-7-6-8-14(15)10-21(16)18(24)12(3)19-13(4)22/h6-9,11-12,16H,5,10H2,1-4H3,(H,19,22)(H,20,23)/t11-,12+,16-/m0/s1. The Hall–Kier alpha value is -2.37. The normalized spacial score (nSPS) is 19.6. The molecule has 0 spiro atoms. The number of hydrogen-bond acceptors (Lipinski definition) is 3. The van der Waals surface area contributed by atoms with Gasteiger partial charge in [0.05, 0.1) is 0 Å². The summed E-state index contributed by atoms with van der Waals surface area (Å²) in [4.78, 5) is 38.5. The zero-order valence-electron chi connectivity index (χ0n) is 14.6. The lowest BCUT2D eigenvalue weighted by molar-refractivity contribution is -0.143. The van der Waals surface area contributed by atoms with Gasteiger partial charge in [0.1, 0.15) is 12.1 Å². The molecule has 0 aromatic heterocycles. The molecule has 6 nitrogen and oxygen atoms in total. The van der Waals surface area contributed by atoms with E-state index in [9.17, 15) is 14.4 Å². The number of carbonyl (C=O) groups excluding carboxylic acids is 3.